The van der Waals surface area contributed by atoms with Gasteiger partial charge >= 0.3 is 0 Å². The van der Waals surface area contributed by atoms with Crippen LogP contribution >= 0.6 is 0 Å². The van der Waals surface area contributed by atoms with Gasteiger partial charge in [0.25, 0.3) is 0 Å². The molecule has 0 atom stereocenters. The average molecular weight is 278 g/mol. The number of amides is 1. The van der Waals surface area contributed by atoms with E-state index in [4.69, 9.17) is 9.47 Å². The predicted molar refractivity (Wildman–Crippen MR) is 76.8 cm³/mol. The van der Waals surface area contributed by atoms with Crippen LogP contribution in [0.2, 0.25) is 0 Å². The zero-order chi connectivity index (χ0) is 14.3. The molecule has 0 unspecified atom stereocenters. The van der Waals surface area contributed by atoms with Gasteiger partial charge in [0.1, 0.15) is 12.4 Å². The van der Waals surface area contributed by atoms with Crippen LogP contribution in [0, 0.1) is 0 Å². The Balaban J connectivity index is 1.49. The van der Waals surface area contributed by atoms with Crippen LogP contribution in [0.25, 0.3) is 0 Å². The van der Waals surface area contributed by atoms with Crippen molar-refractivity contribution in [2.24, 2.45) is 0 Å². The summed E-state index contributed by atoms with van der Waals surface area (Å²) in [4.78, 5) is 11.6. The lowest BCUT2D eigenvalue weighted by Crippen LogP contribution is -2.59. The largest absolute Gasteiger partial charge is 0.494 e. The van der Waals surface area contributed by atoms with E-state index in [-0.39, 0.29) is 18.1 Å². The van der Waals surface area contributed by atoms with Crippen molar-refractivity contribution >= 4 is 5.91 Å². The molecule has 0 saturated carbocycles. The highest BCUT2D eigenvalue weighted by Crippen LogP contribution is 2.14. The molecule has 1 fully saturated rings. The fourth-order valence-corrected chi connectivity index (χ4v) is 1.88. The minimum absolute atomic E-state index is 0.0714. The van der Waals surface area contributed by atoms with Gasteiger partial charge in [0.05, 0.1) is 12.2 Å². The van der Waals surface area contributed by atoms with Crippen LogP contribution in [0.4, 0.5) is 0 Å². The van der Waals surface area contributed by atoms with E-state index in [2.05, 4.69) is 10.6 Å². The first kappa shape index (κ1) is 14.8. The Bertz CT molecular complexity index is 418. The summed E-state index contributed by atoms with van der Waals surface area (Å²) in [6.45, 7) is 4.94. The summed E-state index contributed by atoms with van der Waals surface area (Å²) < 4.78 is 11.1. The van der Waals surface area contributed by atoms with Gasteiger partial charge in [0.15, 0.2) is 0 Å². The molecule has 1 heterocycles. The second-order valence-electron chi connectivity index (χ2n) is 5.21. The highest BCUT2D eigenvalue weighted by molar-refractivity contribution is 5.77. The fraction of sp³-hybridized carbons (Fsp3) is 0.533. The van der Waals surface area contributed by atoms with E-state index in [0.29, 0.717) is 13.2 Å². The van der Waals surface area contributed by atoms with Gasteiger partial charge in [0.2, 0.25) is 5.91 Å². The van der Waals surface area contributed by atoms with Crippen LogP contribution in [0.1, 0.15) is 13.3 Å². The molecular weight excluding hydrogens is 256 g/mol. The molecule has 1 saturated heterocycles. The van der Waals surface area contributed by atoms with Gasteiger partial charge in [-0.1, -0.05) is 18.2 Å². The van der Waals surface area contributed by atoms with Crippen LogP contribution < -0.4 is 15.4 Å². The van der Waals surface area contributed by atoms with Crippen molar-refractivity contribution in [3.8, 4) is 5.75 Å². The van der Waals surface area contributed by atoms with Crippen molar-refractivity contribution in [2.45, 2.75) is 18.9 Å². The summed E-state index contributed by atoms with van der Waals surface area (Å²) in [6.07, 6.45) is 0.777. The highest BCUT2D eigenvalue weighted by Gasteiger charge is 2.32. The maximum Gasteiger partial charge on any atom is 0.246 e. The van der Waals surface area contributed by atoms with E-state index >= 15 is 0 Å². The molecule has 1 aliphatic rings. The second kappa shape index (κ2) is 7.26. The maximum absolute atomic E-state index is 11.6. The molecule has 20 heavy (non-hydrogen) atoms. The molecule has 110 valence electrons. The van der Waals surface area contributed by atoms with Gasteiger partial charge in [-0.25, -0.2) is 0 Å². The summed E-state index contributed by atoms with van der Waals surface area (Å²) in [5.41, 5.74) is -0.173. The van der Waals surface area contributed by atoms with E-state index in [1.807, 2.05) is 37.3 Å². The third-order valence-corrected chi connectivity index (χ3v) is 3.20. The molecule has 2 N–H and O–H groups in total. The predicted octanol–water partition coefficient (Wildman–Crippen LogP) is 0.950. The Morgan fingerprint density at radius 1 is 1.35 bits per heavy atom. The fourth-order valence-electron chi connectivity index (χ4n) is 1.88. The lowest BCUT2D eigenvalue weighted by Gasteiger charge is -2.38. The Morgan fingerprint density at radius 2 is 2.10 bits per heavy atom. The van der Waals surface area contributed by atoms with Crippen LogP contribution in [0.3, 0.4) is 0 Å². The minimum Gasteiger partial charge on any atom is -0.494 e. The SMILES string of the molecule is CC1(OCC(=O)NCCCOc2ccccc2)CNC1. The van der Waals surface area contributed by atoms with E-state index in [0.717, 1.165) is 25.3 Å². The molecule has 1 aliphatic heterocycles. The standard InChI is InChI=1S/C15H22N2O3/c1-15(11-16-12-15)20-10-14(18)17-8-5-9-19-13-6-3-2-4-7-13/h2-4,6-7,16H,5,8-12H2,1H3,(H,17,18). The quantitative estimate of drug-likeness (QED) is 0.695. The van der Waals surface area contributed by atoms with Crippen LogP contribution in [0.5, 0.6) is 5.75 Å². The summed E-state index contributed by atoms with van der Waals surface area (Å²) in [7, 11) is 0. The van der Waals surface area contributed by atoms with E-state index in [1.54, 1.807) is 0 Å². The molecule has 0 aromatic heterocycles. The molecule has 0 bridgehead atoms. The van der Waals surface area contributed by atoms with Crippen molar-refractivity contribution < 1.29 is 14.3 Å². The molecule has 0 radical (unpaired) electrons. The number of hydrogen-bond acceptors (Lipinski definition) is 4. The normalized spacial score (nSPS) is 16.2. The summed E-state index contributed by atoms with van der Waals surface area (Å²) in [5, 5.41) is 5.95. The lowest BCUT2D eigenvalue weighted by atomic mass is 10.0. The molecular formula is C15H22N2O3. The van der Waals surface area contributed by atoms with Crippen molar-refractivity contribution in [3.63, 3.8) is 0 Å². The van der Waals surface area contributed by atoms with Gasteiger partial charge in [-0.05, 0) is 25.5 Å². The summed E-state index contributed by atoms with van der Waals surface area (Å²) >= 11 is 0. The lowest BCUT2D eigenvalue weighted by molar-refractivity contribution is -0.135. The smallest absolute Gasteiger partial charge is 0.246 e. The monoisotopic (exact) mass is 278 g/mol. The van der Waals surface area contributed by atoms with Gasteiger partial charge in [0, 0.05) is 19.6 Å². The molecule has 5 nitrogen and oxygen atoms in total. The van der Waals surface area contributed by atoms with Crippen molar-refractivity contribution in [3.05, 3.63) is 30.3 Å². The first-order valence-corrected chi connectivity index (χ1v) is 6.97. The highest BCUT2D eigenvalue weighted by atomic mass is 16.5. The van der Waals surface area contributed by atoms with Crippen LogP contribution in [-0.4, -0.2) is 44.4 Å². The van der Waals surface area contributed by atoms with Crippen LogP contribution in [-0.2, 0) is 9.53 Å². The topological polar surface area (TPSA) is 59.6 Å². The Hall–Kier alpha value is -1.59. The van der Waals surface area contributed by atoms with Crippen molar-refractivity contribution in [1.29, 1.82) is 0 Å². The van der Waals surface area contributed by atoms with E-state index in [9.17, 15) is 4.79 Å². The number of benzene rings is 1. The zero-order valence-corrected chi connectivity index (χ0v) is 11.9. The molecule has 0 aliphatic carbocycles. The number of carbonyl (C=O) groups excluding carboxylic acids is 1. The molecule has 0 spiro atoms. The Morgan fingerprint density at radius 3 is 2.75 bits per heavy atom. The van der Waals surface area contributed by atoms with E-state index < -0.39 is 0 Å². The maximum atomic E-state index is 11.6. The number of hydrogen-bond donors (Lipinski definition) is 2. The molecule has 5 heteroatoms. The van der Waals surface area contributed by atoms with Crippen molar-refractivity contribution in [2.75, 3.05) is 32.8 Å². The summed E-state index contributed by atoms with van der Waals surface area (Å²) in [6, 6.07) is 9.65. The van der Waals surface area contributed by atoms with Crippen molar-refractivity contribution in [1.82, 2.24) is 10.6 Å². The minimum atomic E-state index is -0.173. The molecule has 1 aromatic rings. The molecule has 2 rings (SSSR count). The van der Waals surface area contributed by atoms with E-state index in [1.165, 1.54) is 0 Å². The average Bonchev–Trinajstić information content (AvgIpc) is 2.44. The first-order valence-electron chi connectivity index (χ1n) is 6.97. The number of rotatable bonds is 8. The second-order valence-corrected chi connectivity index (χ2v) is 5.21. The van der Waals surface area contributed by atoms with Crippen LogP contribution in [0.15, 0.2) is 30.3 Å². The molecule has 1 aromatic carbocycles. The van der Waals surface area contributed by atoms with Gasteiger partial charge in [-0.15, -0.1) is 0 Å². The zero-order valence-electron chi connectivity index (χ0n) is 11.9. The third-order valence-electron chi connectivity index (χ3n) is 3.20. The third kappa shape index (κ3) is 4.83. The number of para-hydroxylation sites is 1. The number of carbonyl (C=O) groups is 1. The molecule has 1 amide bonds. The van der Waals surface area contributed by atoms with Gasteiger partial charge in [-0.2, -0.15) is 0 Å². The Labute approximate surface area is 119 Å². The van der Waals surface area contributed by atoms with Gasteiger partial charge < -0.3 is 20.1 Å². The number of nitrogens with one attached hydrogen (secondary N) is 2. The Kier molecular flexibility index (Phi) is 5.38. The first-order chi connectivity index (χ1) is 9.68. The van der Waals surface area contributed by atoms with Gasteiger partial charge in [-0.3, -0.25) is 4.79 Å². The summed E-state index contributed by atoms with van der Waals surface area (Å²) in [5.74, 6) is 0.783. The number of ether oxygens (including phenoxy) is 2.